The maximum Gasteiger partial charge on any atom is 0.270 e. The Balaban J connectivity index is 1.50. The minimum absolute atomic E-state index is 0.0875. The van der Waals surface area contributed by atoms with Crippen molar-refractivity contribution in [3.05, 3.63) is 64.2 Å². The van der Waals surface area contributed by atoms with E-state index in [0.29, 0.717) is 18.0 Å². The fourth-order valence-electron chi connectivity index (χ4n) is 2.70. The summed E-state index contributed by atoms with van der Waals surface area (Å²) in [5.41, 5.74) is 0.662. The lowest BCUT2D eigenvalue weighted by molar-refractivity contribution is -0.384. The molecular formula is C19H19N3O5S. The quantitative estimate of drug-likeness (QED) is 0.435. The molecule has 8 nitrogen and oxygen atoms in total. The van der Waals surface area contributed by atoms with Crippen molar-refractivity contribution in [2.45, 2.75) is 18.9 Å². The summed E-state index contributed by atoms with van der Waals surface area (Å²) < 4.78 is 11.2. The number of anilines is 1. The molecule has 1 aliphatic rings. The highest BCUT2D eigenvalue weighted by Gasteiger charge is 2.16. The average Bonchev–Trinajstić information content (AvgIpc) is 3.21. The number of amides is 1. The smallest absolute Gasteiger partial charge is 0.270 e. The molecular weight excluding hydrogens is 382 g/mol. The number of hydrogen-bond acceptors (Lipinski definition) is 6. The summed E-state index contributed by atoms with van der Waals surface area (Å²) in [6, 6.07) is 12.6. The van der Waals surface area contributed by atoms with Gasteiger partial charge in [0.2, 0.25) is 0 Å². The summed E-state index contributed by atoms with van der Waals surface area (Å²) in [5.74, 6) is 0.185. The normalized spacial score (nSPS) is 15.6. The number of carbonyl (C=O) groups is 1. The molecule has 2 aromatic rings. The molecule has 0 spiro atoms. The Hall–Kier alpha value is -3.04. The molecule has 9 heteroatoms. The van der Waals surface area contributed by atoms with Gasteiger partial charge in [-0.05, 0) is 55.4 Å². The van der Waals surface area contributed by atoms with Crippen LogP contribution < -0.4 is 15.4 Å². The largest absolute Gasteiger partial charge is 0.491 e. The lowest BCUT2D eigenvalue weighted by Gasteiger charge is -2.13. The van der Waals surface area contributed by atoms with Gasteiger partial charge in [-0.25, -0.2) is 0 Å². The van der Waals surface area contributed by atoms with Crippen LogP contribution in [0.4, 0.5) is 11.4 Å². The van der Waals surface area contributed by atoms with Gasteiger partial charge in [0.25, 0.3) is 11.6 Å². The zero-order valence-corrected chi connectivity index (χ0v) is 15.7. The molecule has 0 aromatic heterocycles. The minimum atomic E-state index is -0.560. The van der Waals surface area contributed by atoms with Crippen LogP contribution in [0.1, 0.15) is 23.2 Å². The summed E-state index contributed by atoms with van der Waals surface area (Å²) in [6.45, 7) is 1.31. The number of rotatable bonds is 6. The van der Waals surface area contributed by atoms with Crippen LogP contribution in [0.2, 0.25) is 0 Å². The predicted molar refractivity (Wildman–Crippen MR) is 108 cm³/mol. The van der Waals surface area contributed by atoms with Crippen LogP contribution in [0, 0.1) is 10.1 Å². The Morgan fingerprint density at radius 3 is 2.75 bits per heavy atom. The van der Waals surface area contributed by atoms with Crippen molar-refractivity contribution in [3.8, 4) is 5.75 Å². The molecule has 1 saturated heterocycles. The molecule has 146 valence electrons. The molecule has 28 heavy (non-hydrogen) atoms. The Morgan fingerprint density at radius 2 is 2.07 bits per heavy atom. The van der Waals surface area contributed by atoms with E-state index < -0.39 is 10.8 Å². The molecule has 0 radical (unpaired) electrons. The summed E-state index contributed by atoms with van der Waals surface area (Å²) in [7, 11) is 0. The average molecular weight is 401 g/mol. The number of nitro benzene ring substituents is 1. The summed E-state index contributed by atoms with van der Waals surface area (Å²) in [6.07, 6.45) is 2.23. The van der Waals surface area contributed by atoms with Gasteiger partial charge < -0.3 is 14.8 Å². The van der Waals surface area contributed by atoms with Crippen molar-refractivity contribution >= 4 is 34.6 Å². The van der Waals surface area contributed by atoms with Gasteiger partial charge in [0.05, 0.1) is 11.0 Å². The number of nitrogens with zero attached hydrogens (tertiary/aromatic N) is 1. The lowest BCUT2D eigenvalue weighted by Crippen LogP contribution is -2.34. The highest BCUT2D eigenvalue weighted by Crippen LogP contribution is 2.18. The molecule has 0 unspecified atom stereocenters. The van der Waals surface area contributed by atoms with Crippen molar-refractivity contribution < 1.29 is 19.2 Å². The first-order valence-electron chi connectivity index (χ1n) is 8.72. The zero-order valence-electron chi connectivity index (χ0n) is 14.9. The topological polar surface area (TPSA) is 103 Å². The number of nitro groups is 1. The summed E-state index contributed by atoms with van der Waals surface area (Å²) in [5, 5.41) is 16.3. The second kappa shape index (κ2) is 9.25. The SMILES string of the molecule is O=C(NC(=S)Nc1ccc(OC[C@@H]2CCCO2)cc1)c1cccc([N+](=O)[O-])c1. The van der Waals surface area contributed by atoms with Gasteiger partial charge in [-0.1, -0.05) is 6.07 Å². The molecule has 1 atom stereocenters. The van der Waals surface area contributed by atoms with Gasteiger partial charge in [-0.3, -0.25) is 20.2 Å². The first kappa shape index (κ1) is 19.7. The van der Waals surface area contributed by atoms with Gasteiger partial charge in [0, 0.05) is 30.0 Å². The van der Waals surface area contributed by atoms with Crippen LogP contribution in [0.15, 0.2) is 48.5 Å². The standard InChI is InChI=1S/C19H19N3O5S/c23-18(13-3-1-4-15(11-13)22(24)25)21-19(28)20-14-6-8-16(9-7-14)27-12-17-5-2-10-26-17/h1,3-4,6-9,11,17H,2,5,10,12H2,(H2,20,21,23,28)/t17-/m0/s1. The van der Waals surface area contributed by atoms with Gasteiger partial charge in [0.1, 0.15) is 12.4 Å². The van der Waals surface area contributed by atoms with E-state index in [9.17, 15) is 14.9 Å². The van der Waals surface area contributed by atoms with Crippen LogP contribution in [-0.4, -0.2) is 35.3 Å². The minimum Gasteiger partial charge on any atom is -0.491 e. The highest BCUT2D eigenvalue weighted by molar-refractivity contribution is 7.80. The molecule has 1 aliphatic heterocycles. The van der Waals surface area contributed by atoms with Crippen LogP contribution in [0.3, 0.4) is 0 Å². The third kappa shape index (κ3) is 5.48. The Morgan fingerprint density at radius 1 is 1.29 bits per heavy atom. The van der Waals surface area contributed by atoms with Gasteiger partial charge in [-0.15, -0.1) is 0 Å². The molecule has 3 rings (SSSR count). The van der Waals surface area contributed by atoms with Crippen molar-refractivity contribution in [3.63, 3.8) is 0 Å². The van der Waals surface area contributed by atoms with Crippen molar-refractivity contribution in [2.24, 2.45) is 0 Å². The maximum absolute atomic E-state index is 12.2. The van der Waals surface area contributed by atoms with E-state index >= 15 is 0 Å². The van der Waals surface area contributed by atoms with E-state index in [2.05, 4.69) is 10.6 Å². The number of ether oxygens (including phenoxy) is 2. The number of nitrogens with one attached hydrogen (secondary N) is 2. The van der Waals surface area contributed by atoms with E-state index in [1.54, 1.807) is 24.3 Å². The van der Waals surface area contributed by atoms with Gasteiger partial charge in [0.15, 0.2) is 5.11 Å². The molecule has 2 aromatic carbocycles. The van der Waals surface area contributed by atoms with Crippen LogP contribution in [0.5, 0.6) is 5.75 Å². The number of benzene rings is 2. The van der Waals surface area contributed by atoms with Crippen molar-refractivity contribution in [1.82, 2.24) is 5.32 Å². The number of carbonyl (C=O) groups excluding carboxylic acids is 1. The third-order valence-corrected chi connectivity index (χ3v) is 4.32. The first-order chi connectivity index (χ1) is 13.5. The van der Waals surface area contributed by atoms with E-state index in [-0.39, 0.29) is 22.5 Å². The Bertz CT molecular complexity index is 866. The fraction of sp³-hybridized carbons (Fsp3) is 0.263. The molecule has 0 aliphatic carbocycles. The first-order valence-corrected chi connectivity index (χ1v) is 9.13. The summed E-state index contributed by atoms with van der Waals surface area (Å²) in [4.78, 5) is 22.4. The third-order valence-electron chi connectivity index (χ3n) is 4.12. The molecule has 1 fully saturated rings. The van der Waals surface area contributed by atoms with Gasteiger partial charge >= 0.3 is 0 Å². The van der Waals surface area contributed by atoms with Crippen LogP contribution in [-0.2, 0) is 4.74 Å². The van der Waals surface area contributed by atoms with Crippen LogP contribution >= 0.6 is 12.2 Å². The zero-order chi connectivity index (χ0) is 19.9. The molecule has 0 bridgehead atoms. The van der Waals surface area contributed by atoms with Crippen LogP contribution in [0.25, 0.3) is 0 Å². The maximum atomic E-state index is 12.2. The molecule has 0 saturated carbocycles. The Kier molecular flexibility index (Phi) is 6.51. The lowest BCUT2D eigenvalue weighted by atomic mass is 10.2. The fourth-order valence-corrected chi connectivity index (χ4v) is 2.91. The van der Waals surface area contributed by atoms with E-state index in [4.69, 9.17) is 21.7 Å². The van der Waals surface area contributed by atoms with E-state index in [1.807, 2.05) is 0 Å². The summed E-state index contributed by atoms with van der Waals surface area (Å²) >= 11 is 5.13. The van der Waals surface area contributed by atoms with Gasteiger partial charge in [-0.2, -0.15) is 0 Å². The molecule has 2 N–H and O–H groups in total. The van der Waals surface area contributed by atoms with E-state index in [0.717, 1.165) is 19.4 Å². The van der Waals surface area contributed by atoms with Crippen molar-refractivity contribution in [2.75, 3.05) is 18.5 Å². The van der Waals surface area contributed by atoms with Crippen molar-refractivity contribution in [1.29, 1.82) is 0 Å². The number of thiocarbonyl (C=S) groups is 1. The number of non-ortho nitro benzene ring substituents is 1. The Labute approximate surface area is 167 Å². The predicted octanol–water partition coefficient (Wildman–Crippen LogP) is 3.28. The monoisotopic (exact) mass is 401 g/mol. The molecule has 1 heterocycles. The number of hydrogen-bond donors (Lipinski definition) is 2. The molecule has 1 amide bonds. The van der Waals surface area contributed by atoms with E-state index in [1.165, 1.54) is 24.3 Å². The second-order valence-electron chi connectivity index (χ2n) is 6.19. The highest BCUT2D eigenvalue weighted by atomic mass is 32.1. The second-order valence-corrected chi connectivity index (χ2v) is 6.59.